The van der Waals surface area contributed by atoms with Crippen molar-refractivity contribution in [3.63, 3.8) is 0 Å². The van der Waals surface area contributed by atoms with E-state index in [4.69, 9.17) is 0 Å². The first-order chi connectivity index (χ1) is 5.47. The molecule has 0 saturated heterocycles. The van der Waals surface area contributed by atoms with Crippen LogP contribution in [0.15, 0.2) is 11.8 Å². The molecular formula is C10H20OSi. The Labute approximate surface area is 76.5 Å². The predicted octanol–water partition coefficient (Wildman–Crippen LogP) is 2.58. The van der Waals surface area contributed by atoms with Crippen molar-refractivity contribution < 1.29 is 5.11 Å². The summed E-state index contributed by atoms with van der Waals surface area (Å²) < 4.78 is 0. The zero-order valence-electron chi connectivity index (χ0n) is 8.38. The molecule has 12 heavy (non-hydrogen) atoms. The number of aliphatic hydroxyl groups is 1. The molecule has 0 aliphatic heterocycles. The van der Waals surface area contributed by atoms with E-state index in [0.717, 1.165) is 12.8 Å². The van der Waals surface area contributed by atoms with Gasteiger partial charge < -0.3 is 5.11 Å². The summed E-state index contributed by atoms with van der Waals surface area (Å²) >= 11 is 0. The van der Waals surface area contributed by atoms with Crippen LogP contribution in [0.4, 0.5) is 0 Å². The first-order valence-corrected chi connectivity index (χ1v) is 8.42. The SMILES string of the molecule is C[Si](C)(C)/C=C/[C@@H]1CC[C@H](O)C1. The lowest BCUT2D eigenvalue weighted by Gasteiger charge is -2.10. The van der Waals surface area contributed by atoms with E-state index in [9.17, 15) is 5.11 Å². The smallest absolute Gasteiger partial charge is 0.0682 e. The molecule has 1 rings (SSSR count). The third-order valence-corrected chi connectivity index (χ3v) is 3.51. The molecule has 0 heterocycles. The van der Waals surface area contributed by atoms with Crippen molar-refractivity contribution in [3.05, 3.63) is 11.8 Å². The summed E-state index contributed by atoms with van der Waals surface area (Å²) in [5.41, 5.74) is 2.40. The molecule has 70 valence electrons. The number of hydrogen-bond donors (Lipinski definition) is 1. The van der Waals surface area contributed by atoms with Crippen LogP contribution >= 0.6 is 0 Å². The molecule has 1 aliphatic carbocycles. The zero-order chi connectivity index (χ0) is 9.19. The van der Waals surface area contributed by atoms with Crippen LogP contribution in [0.5, 0.6) is 0 Å². The lowest BCUT2D eigenvalue weighted by molar-refractivity contribution is 0.180. The molecular weight excluding hydrogens is 164 g/mol. The van der Waals surface area contributed by atoms with E-state index in [1.54, 1.807) is 0 Å². The summed E-state index contributed by atoms with van der Waals surface area (Å²) in [5.74, 6) is 0.659. The third-order valence-electron chi connectivity index (χ3n) is 2.31. The van der Waals surface area contributed by atoms with Gasteiger partial charge >= 0.3 is 0 Å². The summed E-state index contributed by atoms with van der Waals surface area (Å²) in [6.07, 6.45) is 5.48. The minimum atomic E-state index is -1.01. The molecule has 0 spiro atoms. The van der Waals surface area contributed by atoms with Gasteiger partial charge in [0, 0.05) is 0 Å². The quantitative estimate of drug-likeness (QED) is 0.654. The third kappa shape index (κ3) is 3.54. The maximum absolute atomic E-state index is 9.31. The van der Waals surface area contributed by atoms with Crippen LogP contribution in [0.1, 0.15) is 19.3 Å². The van der Waals surface area contributed by atoms with Crippen LogP contribution in [-0.4, -0.2) is 19.3 Å². The van der Waals surface area contributed by atoms with E-state index in [1.165, 1.54) is 6.42 Å². The van der Waals surface area contributed by atoms with Crippen molar-refractivity contribution in [2.45, 2.75) is 45.0 Å². The molecule has 0 amide bonds. The highest BCUT2D eigenvalue weighted by Gasteiger charge is 2.20. The Bertz CT molecular complexity index is 169. The van der Waals surface area contributed by atoms with Crippen LogP contribution in [0.3, 0.4) is 0 Å². The average Bonchev–Trinajstić information content (AvgIpc) is 2.30. The minimum Gasteiger partial charge on any atom is -0.393 e. The van der Waals surface area contributed by atoms with Gasteiger partial charge in [0.15, 0.2) is 0 Å². The lowest BCUT2D eigenvalue weighted by Crippen LogP contribution is -2.16. The highest BCUT2D eigenvalue weighted by atomic mass is 28.3. The monoisotopic (exact) mass is 184 g/mol. The Hall–Kier alpha value is -0.0831. The van der Waals surface area contributed by atoms with Crippen LogP contribution < -0.4 is 0 Å². The van der Waals surface area contributed by atoms with E-state index in [1.807, 2.05) is 0 Å². The fourth-order valence-electron chi connectivity index (χ4n) is 1.59. The molecule has 0 aromatic carbocycles. The van der Waals surface area contributed by atoms with E-state index >= 15 is 0 Å². The van der Waals surface area contributed by atoms with Crippen molar-refractivity contribution in [2.24, 2.45) is 5.92 Å². The van der Waals surface area contributed by atoms with Gasteiger partial charge in [-0.05, 0) is 25.2 Å². The topological polar surface area (TPSA) is 20.2 Å². The van der Waals surface area contributed by atoms with Crippen LogP contribution in [0, 0.1) is 5.92 Å². The van der Waals surface area contributed by atoms with Gasteiger partial charge in [0.1, 0.15) is 0 Å². The molecule has 0 radical (unpaired) electrons. The minimum absolute atomic E-state index is 0.0266. The summed E-state index contributed by atoms with van der Waals surface area (Å²) in [6, 6.07) is 0. The molecule has 2 atom stereocenters. The number of allylic oxidation sites excluding steroid dienone is 1. The second-order valence-electron chi connectivity index (χ2n) is 4.95. The number of hydrogen-bond acceptors (Lipinski definition) is 1. The summed E-state index contributed by atoms with van der Waals surface area (Å²) in [4.78, 5) is 0. The van der Waals surface area contributed by atoms with Gasteiger partial charge in [-0.15, -0.1) is 0 Å². The first kappa shape index (κ1) is 10.0. The second-order valence-corrected chi connectivity index (χ2v) is 10.0. The molecule has 1 N–H and O–H groups in total. The molecule has 0 bridgehead atoms. The number of rotatable bonds is 2. The largest absolute Gasteiger partial charge is 0.393 e. The summed E-state index contributed by atoms with van der Waals surface area (Å²) in [5, 5.41) is 9.31. The van der Waals surface area contributed by atoms with Gasteiger partial charge in [-0.25, -0.2) is 0 Å². The van der Waals surface area contributed by atoms with Crippen molar-refractivity contribution in [2.75, 3.05) is 0 Å². The van der Waals surface area contributed by atoms with Crippen LogP contribution in [0.2, 0.25) is 19.6 Å². The fraction of sp³-hybridized carbons (Fsp3) is 0.800. The van der Waals surface area contributed by atoms with Gasteiger partial charge in [0.05, 0.1) is 14.2 Å². The van der Waals surface area contributed by atoms with E-state index in [-0.39, 0.29) is 6.10 Å². The first-order valence-electron chi connectivity index (χ1n) is 4.85. The Balaban J connectivity index is 2.37. The Morgan fingerprint density at radius 3 is 2.33 bits per heavy atom. The molecule has 2 heteroatoms. The fourth-order valence-corrected chi connectivity index (χ4v) is 2.44. The predicted molar refractivity (Wildman–Crippen MR) is 55.8 cm³/mol. The molecule has 1 saturated carbocycles. The summed E-state index contributed by atoms with van der Waals surface area (Å²) in [6.45, 7) is 7.03. The Kier molecular flexibility index (Phi) is 3.13. The van der Waals surface area contributed by atoms with Crippen molar-refractivity contribution in [1.29, 1.82) is 0 Å². The van der Waals surface area contributed by atoms with Crippen molar-refractivity contribution >= 4 is 8.07 Å². The molecule has 0 unspecified atom stereocenters. The average molecular weight is 184 g/mol. The maximum Gasteiger partial charge on any atom is 0.0682 e. The van der Waals surface area contributed by atoms with Gasteiger partial charge in [-0.2, -0.15) is 0 Å². The van der Waals surface area contributed by atoms with Gasteiger partial charge in [-0.1, -0.05) is 31.4 Å². The standard InChI is InChI=1S/C10H20OSi/c1-12(2,3)7-6-9-4-5-10(11)8-9/h6-7,9-11H,4-5,8H2,1-3H3/b7-6+/t9-,10-/m0/s1. The molecule has 1 fully saturated rings. The van der Waals surface area contributed by atoms with E-state index < -0.39 is 8.07 Å². The van der Waals surface area contributed by atoms with Crippen molar-refractivity contribution in [1.82, 2.24) is 0 Å². The van der Waals surface area contributed by atoms with Crippen molar-refractivity contribution in [3.8, 4) is 0 Å². The Morgan fingerprint density at radius 2 is 1.92 bits per heavy atom. The van der Waals surface area contributed by atoms with Gasteiger partial charge in [0.25, 0.3) is 0 Å². The van der Waals surface area contributed by atoms with Crippen LogP contribution in [-0.2, 0) is 0 Å². The van der Waals surface area contributed by atoms with Gasteiger partial charge in [-0.3, -0.25) is 0 Å². The molecule has 1 aliphatic rings. The zero-order valence-corrected chi connectivity index (χ0v) is 9.38. The maximum atomic E-state index is 9.31. The van der Waals surface area contributed by atoms with Crippen LogP contribution in [0.25, 0.3) is 0 Å². The highest BCUT2D eigenvalue weighted by molar-refractivity contribution is 6.80. The second kappa shape index (κ2) is 3.75. The van der Waals surface area contributed by atoms with E-state index in [0.29, 0.717) is 5.92 Å². The molecule has 0 aromatic heterocycles. The van der Waals surface area contributed by atoms with E-state index in [2.05, 4.69) is 31.4 Å². The lowest BCUT2D eigenvalue weighted by atomic mass is 10.1. The van der Waals surface area contributed by atoms with Gasteiger partial charge in [0.2, 0.25) is 0 Å². The molecule has 1 nitrogen and oxygen atoms in total. The Morgan fingerprint density at radius 1 is 1.25 bits per heavy atom. The normalized spacial score (nSPS) is 31.7. The summed E-state index contributed by atoms with van der Waals surface area (Å²) in [7, 11) is -1.01. The highest BCUT2D eigenvalue weighted by Crippen LogP contribution is 2.26. The molecule has 0 aromatic rings. The number of aliphatic hydroxyl groups excluding tert-OH is 1.